The Hall–Kier alpha value is -2.18. The van der Waals surface area contributed by atoms with Crippen LogP contribution in [0.3, 0.4) is 0 Å². The van der Waals surface area contributed by atoms with E-state index >= 15 is 0 Å². The molecule has 0 spiro atoms. The van der Waals surface area contributed by atoms with Gasteiger partial charge in [0, 0.05) is 10.6 Å². The number of nitrogens with one attached hydrogen (secondary N) is 2. The van der Waals surface area contributed by atoms with Gasteiger partial charge in [-0.15, -0.1) is 11.3 Å². The van der Waals surface area contributed by atoms with E-state index in [0.717, 1.165) is 30.8 Å². The summed E-state index contributed by atoms with van der Waals surface area (Å²) < 4.78 is 5.50. The van der Waals surface area contributed by atoms with Crippen molar-refractivity contribution in [3.63, 3.8) is 0 Å². The maximum atomic E-state index is 12.1. The van der Waals surface area contributed by atoms with Crippen LogP contribution in [0.25, 0.3) is 0 Å². The Morgan fingerprint density at radius 1 is 1.17 bits per heavy atom. The molecule has 24 heavy (non-hydrogen) atoms. The summed E-state index contributed by atoms with van der Waals surface area (Å²) in [6.45, 7) is 1.76. The van der Waals surface area contributed by atoms with Crippen molar-refractivity contribution >= 4 is 28.9 Å². The zero-order valence-electron chi connectivity index (χ0n) is 13.3. The van der Waals surface area contributed by atoms with Gasteiger partial charge in [0.1, 0.15) is 6.10 Å². The van der Waals surface area contributed by atoms with Gasteiger partial charge < -0.3 is 15.4 Å². The number of carbonyl (C=O) groups is 2. The second kappa shape index (κ2) is 8.08. The van der Waals surface area contributed by atoms with Gasteiger partial charge in [-0.3, -0.25) is 4.79 Å². The SMILES string of the molecule is O=C(Cc1cccs1)Nc1ccc(C(=O)OC2CCNCC2)cc1. The molecule has 3 rings (SSSR count). The van der Waals surface area contributed by atoms with Crippen molar-refractivity contribution in [2.24, 2.45) is 0 Å². The van der Waals surface area contributed by atoms with Gasteiger partial charge in [-0.2, -0.15) is 0 Å². The van der Waals surface area contributed by atoms with Gasteiger partial charge in [0.2, 0.25) is 5.91 Å². The molecule has 1 aliphatic heterocycles. The standard InChI is InChI=1S/C18H20N2O3S/c21-17(12-16-2-1-11-24-16)20-14-5-3-13(4-6-14)18(22)23-15-7-9-19-10-8-15/h1-6,11,15,19H,7-10,12H2,(H,20,21). The van der Waals surface area contributed by atoms with Gasteiger partial charge in [-0.05, 0) is 61.6 Å². The van der Waals surface area contributed by atoms with Crippen LogP contribution >= 0.6 is 11.3 Å². The molecule has 0 saturated carbocycles. The highest BCUT2D eigenvalue weighted by atomic mass is 32.1. The minimum Gasteiger partial charge on any atom is -0.459 e. The van der Waals surface area contributed by atoms with Crippen LogP contribution in [0.15, 0.2) is 41.8 Å². The van der Waals surface area contributed by atoms with E-state index in [1.54, 1.807) is 35.6 Å². The summed E-state index contributed by atoms with van der Waals surface area (Å²) in [6, 6.07) is 10.7. The fraction of sp³-hybridized carbons (Fsp3) is 0.333. The molecule has 1 saturated heterocycles. The van der Waals surface area contributed by atoms with Crippen molar-refractivity contribution in [2.45, 2.75) is 25.4 Å². The molecule has 5 nitrogen and oxygen atoms in total. The number of anilines is 1. The first-order chi connectivity index (χ1) is 11.7. The van der Waals surface area contributed by atoms with Crippen LogP contribution in [0, 0.1) is 0 Å². The predicted octanol–water partition coefficient (Wildman–Crippen LogP) is 2.84. The van der Waals surface area contributed by atoms with Crippen molar-refractivity contribution in [1.82, 2.24) is 5.32 Å². The summed E-state index contributed by atoms with van der Waals surface area (Å²) in [4.78, 5) is 25.1. The monoisotopic (exact) mass is 344 g/mol. The Kier molecular flexibility index (Phi) is 5.61. The van der Waals surface area contributed by atoms with Gasteiger partial charge in [-0.25, -0.2) is 4.79 Å². The minimum atomic E-state index is -0.307. The van der Waals surface area contributed by atoms with Crippen molar-refractivity contribution in [3.05, 3.63) is 52.2 Å². The largest absolute Gasteiger partial charge is 0.459 e. The lowest BCUT2D eigenvalue weighted by molar-refractivity contribution is -0.115. The van der Waals surface area contributed by atoms with E-state index in [1.165, 1.54) is 0 Å². The third-order valence-electron chi connectivity index (χ3n) is 3.88. The number of ether oxygens (including phenoxy) is 1. The molecular weight excluding hydrogens is 324 g/mol. The Labute approximate surface area is 145 Å². The number of piperidine rings is 1. The topological polar surface area (TPSA) is 67.4 Å². The molecule has 1 amide bonds. The zero-order valence-corrected chi connectivity index (χ0v) is 14.1. The van der Waals surface area contributed by atoms with E-state index in [0.29, 0.717) is 17.7 Å². The molecule has 0 bridgehead atoms. The molecule has 1 aromatic heterocycles. The van der Waals surface area contributed by atoms with E-state index < -0.39 is 0 Å². The summed E-state index contributed by atoms with van der Waals surface area (Å²) in [6.07, 6.45) is 2.05. The number of hydrogen-bond donors (Lipinski definition) is 2. The minimum absolute atomic E-state index is 0.0103. The molecular formula is C18H20N2O3S. The normalized spacial score (nSPS) is 15.0. The maximum absolute atomic E-state index is 12.1. The van der Waals surface area contributed by atoms with Crippen molar-refractivity contribution in [2.75, 3.05) is 18.4 Å². The van der Waals surface area contributed by atoms with E-state index in [1.807, 2.05) is 17.5 Å². The summed E-state index contributed by atoms with van der Waals surface area (Å²) in [5.74, 6) is -0.374. The molecule has 0 atom stereocenters. The summed E-state index contributed by atoms with van der Waals surface area (Å²) in [7, 11) is 0. The second-order valence-electron chi connectivity index (χ2n) is 5.74. The van der Waals surface area contributed by atoms with Crippen LogP contribution in [0.4, 0.5) is 5.69 Å². The first-order valence-electron chi connectivity index (χ1n) is 8.05. The first kappa shape index (κ1) is 16.7. The smallest absolute Gasteiger partial charge is 0.338 e. The third-order valence-corrected chi connectivity index (χ3v) is 4.76. The molecule has 1 aromatic carbocycles. The number of esters is 1. The van der Waals surface area contributed by atoms with E-state index in [2.05, 4.69) is 10.6 Å². The molecule has 1 fully saturated rings. The fourth-order valence-corrected chi connectivity index (χ4v) is 3.30. The number of amides is 1. The Morgan fingerprint density at radius 2 is 1.92 bits per heavy atom. The average Bonchev–Trinajstić information content (AvgIpc) is 3.09. The summed E-state index contributed by atoms with van der Waals surface area (Å²) in [5.41, 5.74) is 1.18. The Balaban J connectivity index is 1.52. The maximum Gasteiger partial charge on any atom is 0.338 e. The van der Waals surface area contributed by atoms with Crippen molar-refractivity contribution < 1.29 is 14.3 Å². The van der Waals surface area contributed by atoms with Gasteiger partial charge in [0.25, 0.3) is 0 Å². The molecule has 2 N–H and O–H groups in total. The van der Waals surface area contributed by atoms with Crippen LogP contribution in [0.2, 0.25) is 0 Å². The van der Waals surface area contributed by atoms with Crippen LogP contribution in [-0.4, -0.2) is 31.1 Å². The number of carbonyl (C=O) groups excluding carboxylic acids is 2. The van der Waals surface area contributed by atoms with Crippen LogP contribution < -0.4 is 10.6 Å². The molecule has 0 radical (unpaired) electrons. The third kappa shape index (κ3) is 4.66. The molecule has 6 heteroatoms. The lowest BCUT2D eigenvalue weighted by atomic mass is 10.1. The van der Waals surface area contributed by atoms with Crippen LogP contribution in [0.5, 0.6) is 0 Å². The highest BCUT2D eigenvalue weighted by Crippen LogP contribution is 2.15. The first-order valence-corrected chi connectivity index (χ1v) is 8.92. The summed E-state index contributed by atoms with van der Waals surface area (Å²) >= 11 is 1.56. The lowest BCUT2D eigenvalue weighted by Crippen LogP contribution is -2.33. The van der Waals surface area contributed by atoms with Crippen LogP contribution in [0.1, 0.15) is 28.1 Å². The summed E-state index contributed by atoms with van der Waals surface area (Å²) in [5, 5.41) is 8.02. The molecule has 0 unspecified atom stereocenters. The van der Waals surface area contributed by atoms with Crippen LogP contribution in [-0.2, 0) is 16.0 Å². The Bertz CT molecular complexity index is 677. The molecule has 0 aliphatic carbocycles. The van der Waals surface area contributed by atoms with Crippen molar-refractivity contribution in [1.29, 1.82) is 0 Å². The van der Waals surface area contributed by atoms with E-state index in [-0.39, 0.29) is 18.0 Å². The van der Waals surface area contributed by atoms with Gasteiger partial charge in [0.05, 0.1) is 12.0 Å². The van der Waals surface area contributed by atoms with Gasteiger partial charge in [-0.1, -0.05) is 6.07 Å². The molecule has 2 heterocycles. The number of thiophene rings is 1. The predicted molar refractivity (Wildman–Crippen MR) is 94.4 cm³/mol. The van der Waals surface area contributed by atoms with Crippen molar-refractivity contribution in [3.8, 4) is 0 Å². The lowest BCUT2D eigenvalue weighted by Gasteiger charge is -2.22. The number of rotatable bonds is 5. The second-order valence-corrected chi connectivity index (χ2v) is 6.77. The molecule has 2 aromatic rings. The molecule has 126 valence electrons. The zero-order chi connectivity index (χ0) is 16.8. The number of benzene rings is 1. The molecule has 1 aliphatic rings. The highest BCUT2D eigenvalue weighted by molar-refractivity contribution is 7.10. The Morgan fingerprint density at radius 3 is 2.58 bits per heavy atom. The quantitative estimate of drug-likeness (QED) is 0.819. The average molecular weight is 344 g/mol. The van der Waals surface area contributed by atoms with E-state index in [9.17, 15) is 9.59 Å². The fourth-order valence-electron chi connectivity index (χ4n) is 2.60. The van der Waals surface area contributed by atoms with E-state index in [4.69, 9.17) is 4.74 Å². The number of hydrogen-bond acceptors (Lipinski definition) is 5. The van der Waals surface area contributed by atoms with Gasteiger partial charge >= 0.3 is 5.97 Å². The highest BCUT2D eigenvalue weighted by Gasteiger charge is 2.18. The van der Waals surface area contributed by atoms with Gasteiger partial charge in [0.15, 0.2) is 0 Å².